The third kappa shape index (κ3) is 7.94. The van der Waals surface area contributed by atoms with Gasteiger partial charge in [0.15, 0.2) is 0 Å². The molecule has 2 N–H and O–H groups in total. The van der Waals surface area contributed by atoms with Crippen molar-refractivity contribution in [3.05, 3.63) is 83.4 Å². The van der Waals surface area contributed by atoms with Gasteiger partial charge in [-0.25, -0.2) is 23.7 Å². The number of amides is 3. The molecule has 2 heterocycles. The molecule has 0 saturated carbocycles. The fraction of sp³-hybridized carbons (Fsp3) is 0.323. The molecule has 4 rings (SSSR count). The van der Waals surface area contributed by atoms with Crippen molar-refractivity contribution in [2.45, 2.75) is 58.3 Å². The molecule has 0 radical (unpaired) electrons. The number of nitrogens with zero attached hydrogens (tertiary/aromatic N) is 3. The number of imide groups is 1. The summed E-state index contributed by atoms with van der Waals surface area (Å²) in [5.74, 6) is -4.04. The summed E-state index contributed by atoms with van der Waals surface area (Å²) in [7, 11) is 1.30. The summed E-state index contributed by atoms with van der Waals surface area (Å²) >= 11 is 0. The van der Waals surface area contributed by atoms with Crippen molar-refractivity contribution in [1.29, 1.82) is 0 Å². The summed E-state index contributed by atoms with van der Waals surface area (Å²) in [6.45, 7) is 9.48. The van der Waals surface area contributed by atoms with Gasteiger partial charge in [-0.15, -0.1) is 0 Å². The number of carboxylic acid groups (broad SMARTS) is 1. The summed E-state index contributed by atoms with van der Waals surface area (Å²) in [5.41, 5.74) is 1.85. The first-order chi connectivity index (χ1) is 20.8. The van der Waals surface area contributed by atoms with E-state index in [1.54, 1.807) is 62.5 Å². The molecule has 14 heteroatoms. The molecule has 0 unspecified atom stereocenters. The van der Waals surface area contributed by atoms with Gasteiger partial charge < -0.3 is 20.1 Å². The minimum absolute atomic E-state index is 0.0636. The Kier molecular flexibility index (Phi) is 9.90. The monoisotopic (exact) mass is 632 g/mol. The maximum Gasteiger partial charge on any atom is 0.490 e. The van der Waals surface area contributed by atoms with Gasteiger partial charge in [0, 0.05) is 28.7 Å². The number of carbonyl (C=O) groups is 4. The molecule has 10 nitrogen and oxygen atoms in total. The molecular formula is C31H32F4N4O6. The zero-order valence-electron chi connectivity index (χ0n) is 25.3. The number of halogens is 4. The molecule has 0 bridgehead atoms. The normalized spacial score (nSPS) is 14.5. The van der Waals surface area contributed by atoms with Gasteiger partial charge in [-0.05, 0) is 67.9 Å². The second-order valence-electron chi connectivity index (χ2n) is 11.5. The largest absolute Gasteiger partial charge is 0.490 e. The molecule has 0 spiro atoms. The van der Waals surface area contributed by atoms with Crippen molar-refractivity contribution >= 4 is 40.9 Å². The summed E-state index contributed by atoms with van der Waals surface area (Å²) in [6, 6.07) is 13.7. The quantitative estimate of drug-likeness (QED) is 0.181. The van der Waals surface area contributed by atoms with E-state index in [2.05, 4.69) is 10.3 Å². The predicted molar refractivity (Wildman–Crippen MR) is 157 cm³/mol. The number of hydrogen-bond donors (Lipinski definition) is 2. The number of benzene rings is 2. The Morgan fingerprint density at radius 2 is 1.60 bits per heavy atom. The number of aromatic nitrogens is 1. The second kappa shape index (κ2) is 12.9. The molecule has 1 aliphatic rings. The average molecular weight is 633 g/mol. The molecule has 2 aromatic carbocycles. The van der Waals surface area contributed by atoms with Crippen LogP contribution in [-0.2, 0) is 26.3 Å². The van der Waals surface area contributed by atoms with E-state index in [0.717, 1.165) is 5.69 Å². The summed E-state index contributed by atoms with van der Waals surface area (Å²) in [5, 5.41) is 10.3. The van der Waals surface area contributed by atoms with Crippen LogP contribution >= 0.6 is 0 Å². The number of aliphatic carboxylic acids is 1. The zero-order valence-corrected chi connectivity index (χ0v) is 25.3. The fourth-order valence-electron chi connectivity index (χ4n) is 4.23. The molecule has 45 heavy (non-hydrogen) atoms. The van der Waals surface area contributed by atoms with Crippen molar-refractivity contribution in [3.8, 4) is 0 Å². The zero-order chi connectivity index (χ0) is 33.9. The first-order valence-corrected chi connectivity index (χ1v) is 13.4. The van der Waals surface area contributed by atoms with Gasteiger partial charge in [-0.3, -0.25) is 9.78 Å². The highest BCUT2D eigenvalue weighted by Gasteiger charge is 2.52. The van der Waals surface area contributed by atoms with E-state index in [9.17, 15) is 31.9 Å². The maximum absolute atomic E-state index is 14.2. The molecule has 0 atom stereocenters. The molecule has 240 valence electrons. The number of alkyl halides is 3. The Morgan fingerprint density at radius 1 is 1.00 bits per heavy atom. The Balaban J connectivity index is 0.000000707. The number of ether oxygens (including phenoxy) is 1. The number of pyridine rings is 1. The molecular weight excluding hydrogens is 600 g/mol. The van der Waals surface area contributed by atoms with Crippen molar-refractivity contribution < 1.29 is 46.6 Å². The number of methoxy groups -OCH3 is 1. The van der Waals surface area contributed by atoms with Crippen LogP contribution in [0.15, 0.2) is 60.8 Å². The minimum Gasteiger partial charge on any atom is -0.475 e. The van der Waals surface area contributed by atoms with Gasteiger partial charge in [0.1, 0.15) is 11.4 Å². The number of rotatable bonds is 6. The van der Waals surface area contributed by atoms with Crippen LogP contribution < -0.4 is 10.2 Å². The van der Waals surface area contributed by atoms with Crippen molar-refractivity contribution in [2.24, 2.45) is 0 Å². The standard InChI is InChI=1S/C29H31FN4O4.C2HF3O2/c1-28(2,3)24-16-22(13-14-31-24)34-26(36)29(4,5)33(27(34)37)17-19-7-10-20(30)15-23(19)32-21-11-8-18(9-12-21)25(35)38-6;3-2(4,5)1(6)7/h7-16,32H,17H2,1-6H3;(H,6,7). The van der Waals surface area contributed by atoms with Crippen LogP contribution in [0, 0.1) is 5.82 Å². The highest BCUT2D eigenvalue weighted by atomic mass is 19.4. The SMILES string of the molecule is COC(=O)c1ccc(Nc2cc(F)ccc2CN2C(=O)N(c3ccnc(C(C)(C)C)c3)C(=O)C2(C)C)cc1.O=C(O)C(F)(F)F. The number of carboxylic acids is 1. The molecule has 1 aromatic heterocycles. The number of urea groups is 1. The molecule has 3 aromatic rings. The molecule has 0 aliphatic carbocycles. The van der Waals surface area contributed by atoms with E-state index in [1.807, 2.05) is 20.8 Å². The molecule has 1 fully saturated rings. The average Bonchev–Trinajstić information content (AvgIpc) is 3.12. The lowest BCUT2D eigenvalue weighted by Crippen LogP contribution is -2.43. The number of anilines is 3. The van der Waals surface area contributed by atoms with Crippen molar-refractivity contribution in [1.82, 2.24) is 9.88 Å². The second-order valence-corrected chi connectivity index (χ2v) is 11.5. The van der Waals surface area contributed by atoms with E-state index in [-0.39, 0.29) is 17.9 Å². The summed E-state index contributed by atoms with van der Waals surface area (Å²) in [4.78, 5) is 54.8. The number of hydrogen-bond acceptors (Lipinski definition) is 7. The van der Waals surface area contributed by atoms with Crippen LogP contribution in [0.2, 0.25) is 0 Å². The topological polar surface area (TPSA) is 129 Å². The first kappa shape index (κ1) is 34.5. The van der Waals surface area contributed by atoms with Gasteiger partial charge in [0.2, 0.25) is 0 Å². The van der Waals surface area contributed by atoms with E-state index in [0.29, 0.717) is 28.2 Å². The molecule has 1 aliphatic heterocycles. The highest BCUT2D eigenvalue weighted by molar-refractivity contribution is 6.23. The Hall–Kier alpha value is -5.01. The maximum atomic E-state index is 14.2. The van der Waals surface area contributed by atoms with Gasteiger partial charge in [-0.2, -0.15) is 13.2 Å². The van der Waals surface area contributed by atoms with Crippen LogP contribution in [0.1, 0.15) is 56.2 Å². The lowest BCUT2D eigenvalue weighted by atomic mass is 9.91. The molecule has 1 saturated heterocycles. The Bertz CT molecular complexity index is 1600. The Morgan fingerprint density at radius 3 is 2.13 bits per heavy atom. The molecule has 3 amide bonds. The summed E-state index contributed by atoms with van der Waals surface area (Å²) < 4.78 is 50.7. The van der Waals surface area contributed by atoms with Crippen LogP contribution in [0.5, 0.6) is 0 Å². The van der Waals surface area contributed by atoms with Gasteiger partial charge in [-0.1, -0.05) is 26.8 Å². The van der Waals surface area contributed by atoms with Gasteiger partial charge in [0.25, 0.3) is 5.91 Å². The third-order valence-electron chi connectivity index (χ3n) is 6.82. The van der Waals surface area contributed by atoms with Crippen LogP contribution in [0.3, 0.4) is 0 Å². The number of esters is 1. The van der Waals surface area contributed by atoms with Crippen molar-refractivity contribution in [3.63, 3.8) is 0 Å². The minimum atomic E-state index is -5.08. The fourth-order valence-corrected chi connectivity index (χ4v) is 4.23. The van der Waals surface area contributed by atoms with Gasteiger partial charge in [0.05, 0.1) is 24.9 Å². The highest BCUT2D eigenvalue weighted by Crippen LogP contribution is 2.36. The van der Waals surface area contributed by atoms with E-state index < -0.39 is 35.5 Å². The first-order valence-electron chi connectivity index (χ1n) is 13.4. The van der Waals surface area contributed by atoms with E-state index in [4.69, 9.17) is 14.6 Å². The van der Waals surface area contributed by atoms with Crippen LogP contribution in [0.4, 0.5) is 39.4 Å². The van der Waals surface area contributed by atoms with Crippen LogP contribution in [-0.4, -0.2) is 57.7 Å². The van der Waals surface area contributed by atoms with Crippen LogP contribution in [0.25, 0.3) is 0 Å². The third-order valence-corrected chi connectivity index (χ3v) is 6.82. The van der Waals surface area contributed by atoms with E-state index in [1.165, 1.54) is 29.0 Å². The lowest BCUT2D eigenvalue weighted by molar-refractivity contribution is -0.192. The lowest BCUT2D eigenvalue weighted by Gasteiger charge is -2.28. The van der Waals surface area contributed by atoms with E-state index >= 15 is 0 Å². The van der Waals surface area contributed by atoms with Crippen molar-refractivity contribution in [2.75, 3.05) is 17.3 Å². The van der Waals surface area contributed by atoms with Gasteiger partial charge >= 0.3 is 24.1 Å². The summed E-state index contributed by atoms with van der Waals surface area (Å²) in [6.07, 6.45) is -3.49. The Labute approximate surface area is 256 Å². The number of nitrogens with one attached hydrogen (secondary N) is 1. The smallest absolute Gasteiger partial charge is 0.475 e. The number of carbonyl (C=O) groups excluding carboxylic acids is 3. The predicted octanol–water partition coefficient (Wildman–Crippen LogP) is 6.43.